The number of primary sulfonamides is 1. The molecule has 106 valence electrons. The van der Waals surface area contributed by atoms with Gasteiger partial charge in [0.15, 0.2) is 0 Å². The lowest BCUT2D eigenvalue weighted by molar-refractivity contribution is -0.117. The van der Waals surface area contributed by atoms with Crippen molar-refractivity contribution in [3.05, 3.63) is 5.89 Å². The SMILES string of the molecule is CC(C)c1nc(N2CC(CS(N)(=O)=O)CC2=O)no1. The molecule has 1 fully saturated rings. The Morgan fingerprint density at radius 3 is 2.74 bits per heavy atom. The first kappa shape index (κ1) is 13.9. The molecule has 1 unspecified atom stereocenters. The van der Waals surface area contributed by atoms with Crippen LogP contribution in [-0.2, 0) is 14.8 Å². The van der Waals surface area contributed by atoms with E-state index in [0.717, 1.165) is 0 Å². The van der Waals surface area contributed by atoms with E-state index >= 15 is 0 Å². The average molecular weight is 288 g/mol. The Morgan fingerprint density at radius 1 is 1.53 bits per heavy atom. The number of aromatic nitrogens is 2. The van der Waals surface area contributed by atoms with Gasteiger partial charge < -0.3 is 4.52 Å². The lowest BCUT2D eigenvalue weighted by Gasteiger charge is -2.10. The molecule has 0 saturated carbocycles. The third-order valence-corrected chi connectivity index (χ3v) is 3.78. The highest BCUT2D eigenvalue weighted by Gasteiger charge is 2.35. The van der Waals surface area contributed by atoms with Gasteiger partial charge in [-0.3, -0.25) is 9.69 Å². The van der Waals surface area contributed by atoms with Crippen molar-refractivity contribution in [3.63, 3.8) is 0 Å². The fourth-order valence-corrected chi connectivity index (χ4v) is 2.87. The van der Waals surface area contributed by atoms with Crippen LogP contribution in [0.3, 0.4) is 0 Å². The van der Waals surface area contributed by atoms with E-state index in [1.165, 1.54) is 4.90 Å². The number of nitrogens with two attached hydrogens (primary N) is 1. The summed E-state index contributed by atoms with van der Waals surface area (Å²) in [6.07, 6.45) is 0.127. The van der Waals surface area contributed by atoms with Crippen LogP contribution in [0.15, 0.2) is 4.52 Å². The van der Waals surface area contributed by atoms with Crippen LogP contribution in [0, 0.1) is 5.92 Å². The predicted octanol–water partition coefficient (Wildman–Crippen LogP) is -0.166. The molecule has 2 N–H and O–H groups in total. The molecule has 19 heavy (non-hydrogen) atoms. The van der Waals surface area contributed by atoms with Gasteiger partial charge in [0.2, 0.25) is 21.8 Å². The van der Waals surface area contributed by atoms with Crippen molar-refractivity contribution in [3.8, 4) is 0 Å². The number of nitrogens with zero attached hydrogens (tertiary/aromatic N) is 3. The molecule has 1 aliphatic heterocycles. The molecule has 1 aromatic heterocycles. The van der Waals surface area contributed by atoms with Crippen LogP contribution in [0.4, 0.5) is 5.95 Å². The third-order valence-electron chi connectivity index (χ3n) is 2.84. The molecule has 0 aliphatic carbocycles. The Balaban J connectivity index is 2.11. The maximum atomic E-state index is 11.8. The predicted molar refractivity (Wildman–Crippen MR) is 66.8 cm³/mol. The first-order chi connectivity index (χ1) is 8.76. The van der Waals surface area contributed by atoms with Crippen LogP contribution in [-0.4, -0.2) is 36.8 Å². The summed E-state index contributed by atoms with van der Waals surface area (Å²) in [7, 11) is -3.59. The van der Waals surface area contributed by atoms with Gasteiger partial charge in [0.1, 0.15) is 0 Å². The summed E-state index contributed by atoms with van der Waals surface area (Å²) < 4.78 is 27.1. The molecule has 1 saturated heterocycles. The Hall–Kier alpha value is -1.48. The summed E-state index contributed by atoms with van der Waals surface area (Å²) in [6.45, 7) is 4.03. The fraction of sp³-hybridized carbons (Fsp3) is 0.700. The second-order valence-electron chi connectivity index (χ2n) is 4.99. The van der Waals surface area contributed by atoms with Gasteiger partial charge in [-0.1, -0.05) is 13.8 Å². The zero-order valence-electron chi connectivity index (χ0n) is 10.7. The molecule has 1 atom stereocenters. The van der Waals surface area contributed by atoms with Crippen molar-refractivity contribution >= 4 is 21.9 Å². The standard InChI is InChI=1S/C10H16N4O4S/c1-6(2)9-12-10(13-18-9)14-4-7(3-8(14)15)5-19(11,16)17/h6-7H,3-5H2,1-2H3,(H2,11,16,17). The molecule has 8 nitrogen and oxygen atoms in total. The number of hydrogen-bond acceptors (Lipinski definition) is 6. The number of carbonyl (C=O) groups is 1. The molecule has 9 heteroatoms. The van der Waals surface area contributed by atoms with E-state index in [4.69, 9.17) is 9.66 Å². The van der Waals surface area contributed by atoms with E-state index in [1.54, 1.807) is 0 Å². The minimum Gasteiger partial charge on any atom is -0.337 e. The number of rotatable bonds is 4. The summed E-state index contributed by atoms with van der Waals surface area (Å²) in [5.41, 5.74) is 0. The van der Waals surface area contributed by atoms with E-state index in [0.29, 0.717) is 5.89 Å². The maximum absolute atomic E-state index is 11.8. The topological polar surface area (TPSA) is 119 Å². The number of hydrogen-bond donors (Lipinski definition) is 1. The second kappa shape index (κ2) is 4.89. The number of sulfonamides is 1. The average Bonchev–Trinajstić information content (AvgIpc) is 2.82. The number of amides is 1. The molecular formula is C10H16N4O4S. The normalized spacial score (nSPS) is 20.5. The minimum absolute atomic E-state index is 0.0687. The van der Waals surface area contributed by atoms with Gasteiger partial charge >= 0.3 is 0 Å². The van der Waals surface area contributed by atoms with E-state index in [2.05, 4.69) is 10.1 Å². The molecule has 0 radical (unpaired) electrons. The van der Waals surface area contributed by atoms with Gasteiger partial charge in [0, 0.05) is 24.8 Å². The Morgan fingerprint density at radius 2 is 2.21 bits per heavy atom. The van der Waals surface area contributed by atoms with Gasteiger partial charge in [0.25, 0.3) is 5.95 Å². The zero-order valence-corrected chi connectivity index (χ0v) is 11.6. The minimum atomic E-state index is -3.59. The number of carbonyl (C=O) groups excluding carboxylic acids is 1. The molecular weight excluding hydrogens is 272 g/mol. The largest absolute Gasteiger partial charge is 0.337 e. The first-order valence-electron chi connectivity index (χ1n) is 5.90. The highest BCUT2D eigenvalue weighted by molar-refractivity contribution is 7.89. The van der Waals surface area contributed by atoms with Crippen molar-refractivity contribution in [2.75, 3.05) is 17.2 Å². The molecule has 2 rings (SSSR count). The van der Waals surface area contributed by atoms with Crippen LogP contribution in [0.5, 0.6) is 0 Å². The zero-order chi connectivity index (χ0) is 14.2. The van der Waals surface area contributed by atoms with Crippen LogP contribution in [0.1, 0.15) is 32.1 Å². The lowest BCUT2D eigenvalue weighted by Crippen LogP contribution is -2.28. The Kier molecular flexibility index (Phi) is 3.59. The smallest absolute Gasteiger partial charge is 0.272 e. The van der Waals surface area contributed by atoms with Gasteiger partial charge in [0.05, 0.1) is 5.75 Å². The highest BCUT2D eigenvalue weighted by Crippen LogP contribution is 2.24. The summed E-state index contributed by atoms with van der Waals surface area (Å²) in [5, 5.41) is 8.72. The molecule has 1 aromatic rings. The molecule has 1 aliphatic rings. The van der Waals surface area contributed by atoms with E-state index < -0.39 is 10.0 Å². The second-order valence-corrected chi connectivity index (χ2v) is 6.65. The van der Waals surface area contributed by atoms with Crippen molar-refractivity contribution in [2.45, 2.75) is 26.2 Å². The molecule has 0 aromatic carbocycles. The maximum Gasteiger partial charge on any atom is 0.272 e. The van der Waals surface area contributed by atoms with Gasteiger partial charge in [-0.15, -0.1) is 0 Å². The summed E-state index contributed by atoms with van der Waals surface area (Å²) in [4.78, 5) is 17.3. The first-order valence-corrected chi connectivity index (χ1v) is 7.62. The van der Waals surface area contributed by atoms with Crippen molar-refractivity contribution < 1.29 is 17.7 Å². The molecule has 1 amide bonds. The molecule has 2 heterocycles. The lowest BCUT2D eigenvalue weighted by atomic mass is 10.1. The van der Waals surface area contributed by atoms with Crippen molar-refractivity contribution in [1.29, 1.82) is 0 Å². The van der Waals surface area contributed by atoms with E-state index in [-0.39, 0.29) is 42.4 Å². The van der Waals surface area contributed by atoms with Crippen LogP contribution in [0.2, 0.25) is 0 Å². The number of anilines is 1. The van der Waals surface area contributed by atoms with Gasteiger partial charge in [-0.25, -0.2) is 13.6 Å². The summed E-state index contributed by atoms with van der Waals surface area (Å²) in [5.74, 6) is -0.0693. The van der Waals surface area contributed by atoms with E-state index in [9.17, 15) is 13.2 Å². The van der Waals surface area contributed by atoms with Gasteiger partial charge in [-0.05, 0) is 5.16 Å². The van der Waals surface area contributed by atoms with Crippen LogP contribution < -0.4 is 10.0 Å². The van der Waals surface area contributed by atoms with Gasteiger partial charge in [-0.2, -0.15) is 4.98 Å². The fourth-order valence-electron chi connectivity index (χ4n) is 1.99. The Labute approximate surface area is 111 Å². The molecule has 0 spiro atoms. The third kappa shape index (κ3) is 3.29. The monoisotopic (exact) mass is 288 g/mol. The van der Waals surface area contributed by atoms with Crippen molar-refractivity contribution in [1.82, 2.24) is 10.1 Å². The Bertz CT molecular complexity index is 580. The molecule has 0 bridgehead atoms. The highest BCUT2D eigenvalue weighted by atomic mass is 32.2. The quantitative estimate of drug-likeness (QED) is 0.821. The summed E-state index contributed by atoms with van der Waals surface area (Å²) in [6, 6.07) is 0. The van der Waals surface area contributed by atoms with Crippen LogP contribution in [0.25, 0.3) is 0 Å². The van der Waals surface area contributed by atoms with Crippen LogP contribution >= 0.6 is 0 Å². The summed E-state index contributed by atoms with van der Waals surface area (Å²) >= 11 is 0. The van der Waals surface area contributed by atoms with Crippen molar-refractivity contribution in [2.24, 2.45) is 11.1 Å². The van der Waals surface area contributed by atoms with E-state index in [1.807, 2.05) is 13.8 Å².